The topological polar surface area (TPSA) is 67.5 Å². The van der Waals surface area contributed by atoms with Crippen molar-refractivity contribution < 1.29 is 9.21 Å². The predicted molar refractivity (Wildman–Crippen MR) is 117 cm³/mol. The minimum atomic E-state index is -0.211. The second-order valence-corrected chi connectivity index (χ2v) is 7.34. The summed E-state index contributed by atoms with van der Waals surface area (Å²) in [6.45, 7) is 1.87. The van der Waals surface area contributed by atoms with Gasteiger partial charge in [0.15, 0.2) is 5.58 Å². The third kappa shape index (κ3) is 4.73. The van der Waals surface area contributed by atoms with Crippen LogP contribution in [0.5, 0.6) is 0 Å². The highest BCUT2D eigenvalue weighted by Gasteiger charge is 2.09. The number of para-hydroxylation sites is 2. The fourth-order valence-electron chi connectivity index (χ4n) is 2.82. The van der Waals surface area contributed by atoms with Gasteiger partial charge in [0.25, 0.3) is 11.1 Å². The standard InChI is InChI=1S/C23H19N3O2S/c1-16(17-11-13-19(14-12-17)18-7-3-2-4-8-18)25-26-22(27)15-29-23-24-20-9-5-6-10-21(20)28-23/h2-14H,15H2,1H3,(H,26,27)/b25-16-. The summed E-state index contributed by atoms with van der Waals surface area (Å²) >= 11 is 1.24. The number of hydrogen-bond donors (Lipinski definition) is 1. The number of hydrazone groups is 1. The Morgan fingerprint density at radius 3 is 2.41 bits per heavy atom. The molecule has 0 spiro atoms. The van der Waals surface area contributed by atoms with Crippen LogP contribution in [0.1, 0.15) is 12.5 Å². The van der Waals surface area contributed by atoms with Crippen LogP contribution in [0.2, 0.25) is 0 Å². The molecule has 1 amide bonds. The highest BCUT2D eigenvalue weighted by Crippen LogP contribution is 2.23. The number of nitrogens with zero attached hydrogens (tertiary/aromatic N) is 2. The van der Waals surface area contributed by atoms with E-state index in [0.29, 0.717) is 10.8 Å². The van der Waals surface area contributed by atoms with E-state index in [1.54, 1.807) is 0 Å². The van der Waals surface area contributed by atoms with Gasteiger partial charge in [0.1, 0.15) is 5.52 Å². The molecule has 1 N–H and O–H groups in total. The van der Waals surface area contributed by atoms with Crippen molar-refractivity contribution in [2.45, 2.75) is 12.1 Å². The minimum Gasteiger partial charge on any atom is -0.431 e. The first-order chi connectivity index (χ1) is 14.2. The van der Waals surface area contributed by atoms with Crippen LogP contribution < -0.4 is 5.43 Å². The summed E-state index contributed by atoms with van der Waals surface area (Å²) in [4.78, 5) is 16.4. The molecule has 4 aromatic rings. The molecule has 0 saturated carbocycles. The van der Waals surface area contributed by atoms with Gasteiger partial charge in [-0.1, -0.05) is 78.5 Å². The highest BCUT2D eigenvalue weighted by atomic mass is 32.2. The molecule has 6 heteroatoms. The van der Waals surface area contributed by atoms with Gasteiger partial charge >= 0.3 is 0 Å². The van der Waals surface area contributed by atoms with E-state index in [2.05, 4.69) is 39.8 Å². The van der Waals surface area contributed by atoms with Gasteiger partial charge in [-0.25, -0.2) is 10.4 Å². The number of hydrogen-bond acceptors (Lipinski definition) is 5. The van der Waals surface area contributed by atoms with Gasteiger partial charge in [-0.3, -0.25) is 4.79 Å². The van der Waals surface area contributed by atoms with Crippen molar-refractivity contribution in [3.8, 4) is 11.1 Å². The molecule has 4 rings (SSSR count). The van der Waals surface area contributed by atoms with Crippen molar-refractivity contribution in [2.75, 3.05) is 5.75 Å². The maximum Gasteiger partial charge on any atom is 0.257 e. The molecule has 1 aromatic heterocycles. The largest absolute Gasteiger partial charge is 0.431 e. The number of fused-ring (bicyclic) bond motifs is 1. The first kappa shape index (κ1) is 19.0. The molecule has 0 aliphatic carbocycles. The summed E-state index contributed by atoms with van der Waals surface area (Å²) < 4.78 is 5.60. The number of carbonyl (C=O) groups excluding carboxylic acids is 1. The lowest BCUT2D eigenvalue weighted by molar-refractivity contribution is -0.118. The van der Waals surface area contributed by atoms with Crippen LogP contribution in [-0.2, 0) is 4.79 Å². The van der Waals surface area contributed by atoms with E-state index in [9.17, 15) is 4.79 Å². The second-order valence-electron chi connectivity index (χ2n) is 6.41. The molecule has 1 heterocycles. The third-order valence-electron chi connectivity index (χ3n) is 4.36. The Hall–Kier alpha value is -3.38. The van der Waals surface area contributed by atoms with Crippen molar-refractivity contribution in [3.05, 3.63) is 84.4 Å². The molecule has 0 bridgehead atoms. The normalized spacial score (nSPS) is 11.6. The smallest absolute Gasteiger partial charge is 0.257 e. The average Bonchev–Trinajstić information content (AvgIpc) is 3.20. The van der Waals surface area contributed by atoms with E-state index in [1.165, 1.54) is 11.8 Å². The van der Waals surface area contributed by atoms with Gasteiger partial charge in [-0.05, 0) is 35.7 Å². The van der Waals surface area contributed by atoms with E-state index in [1.807, 2.05) is 61.5 Å². The van der Waals surface area contributed by atoms with Gasteiger partial charge < -0.3 is 4.42 Å². The number of carbonyl (C=O) groups is 1. The Bertz CT molecular complexity index is 1120. The second kappa shape index (κ2) is 8.75. The lowest BCUT2D eigenvalue weighted by atomic mass is 10.0. The van der Waals surface area contributed by atoms with Gasteiger partial charge in [0.2, 0.25) is 0 Å². The fraction of sp³-hybridized carbons (Fsp3) is 0.0870. The summed E-state index contributed by atoms with van der Waals surface area (Å²) in [5.74, 6) is -0.0335. The molecule has 144 valence electrons. The minimum absolute atomic E-state index is 0.177. The molecule has 0 unspecified atom stereocenters. The Morgan fingerprint density at radius 2 is 1.66 bits per heavy atom. The zero-order valence-electron chi connectivity index (χ0n) is 15.8. The first-order valence-electron chi connectivity index (χ1n) is 9.16. The molecule has 29 heavy (non-hydrogen) atoms. The summed E-state index contributed by atoms with van der Waals surface area (Å²) in [6.07, 6.45) is 0. The molecule has 0 saturated heterocycles. The summed E-state index contributed by atoms with van der Waals surface area (Å²) in [7, 11) is 0. The zero-order chi connectivity index (χ0) is 20.1. The van der Waals surface area contributed by atoms with Crippen molar-refractivity contribution >= 4 is 34.5 Å². The molecular formula is C23H19N3O2S. The third-order valence-corrected chi connectivity index (χ3v) is 5.19. The molecule has 0 aliphatic heterocycles. The summed E-state index contributed by atoms with van der Waals surface area (Å²) in [5, 5.41) is 4.68. The number of rotatable bonds is 6. The van der Waals surface area contributed by atoms with Crippen molar-refractivity contribution in [2.24, 2.45) is 5.10 Å². The monoisotopic (exact) mass is 401 g/mol. The molecule has 0 aliphatic rings. The predicted octanol–water partition coefficient (Wildman–Crippen LogP) is 5.13. The lowest BCUT2D eigenvalue weighted by Gasteiger charge is -2.05. The molecule has 0 atom stereocenters. The van der Waals surface area contributed by atoms with E-state index in [4.69, 9.17) is 4.42 Å². The summed E-state index contributed by atoms with van der Waals surface area (Å²) in [5.41, 5.74) is 8.08. The van der Waals surface area contributed by atoms with Gasteiger partial charge in [0, 0.05) is 0 Å². The Morgan fingerprint density at radius 1 is 0.966 bits per heavy atom. The van der Waals surface area contributed by atoms with Gasteiger partial charge in [-0.2, -0.15) is 5.10 Å². The van der Waals surface area contributed by atoms with Crippen molar-refractivity contribution in [3.63, 3.8) is 0 Å². The van der Waals surface area contributed by atoms with E-state index < -0.39 is 0 Å². The number of benzene rings is 3. The molecule has 0 radical (unpaired) electrons. The quantitative estimate of drug-likeness (QED) is 0.276. The number of oxazole rings is 1. The van der Waals surface area contributed by atoms with E-state index in [-0.39, 0.29) is 11.7 Å². The van der Waals surface area contributed by atoms with E-state index >= 15 is 0 Å². The average molecular weight is 401 g/mol. The lowest BCUT2D eigenvalue weighted by Crippen LogP contribution is -2.21. The van der Waals surface area contributed by atoms with Crippen molar-refractivity contribution in [1.82, 2.24) is 10.4 Å². The van der Waals surface area contributed by atoms with Crippen LogP contribution in [0.4, 0.5) is 0 Å². The Labute approximate surface area is 172 Å². The zero-order valence-corrected chi connectivity index (χ0v) is 16.6. The van der Waals surface area contributed by atoms with E-state index in [0.717, 1.165) is 27.9 Å². The fourth-order valence-corrected chi connectivity index (χ4v) is 3.45. The molecule has 5 nitrogen and oxygen atoms in total. The number of thioether (sulfide) groups is 1. The first-order valence-corrected chi connectivity index (χ1v) is 10.1. The number of nitrogens with one attached hydrogen (secondary N) is 1. The maximum absolute atomic E-state index is 12.1. The van der Waals surface area contributed by atoms with Gasteiger partial charge in [0.05, 0.1) is 11.5 Å². The Kier molecular flexibility index (Phi) is 5.72. The SMILES string of the molecule is C/C(=N/NC(=O)CSc1nc2ccccc2o1)c1ccc(-c2ccccc2)cc1. The van der Waals surface area contributed by atoms with Crippen LogP contribution >= 0.6 is 11.8 Å². The van der Waals surface area contributed by atoms with Gasteiger partial charge in [-0.15, -0.1) is 0 Å². The van der Waals surface area contributed by atoms with Crippen LogP contribution in [-0.4, -0.2) is 22.4 Å². The highest BCUT2D eigenvalue weighted by molar-refractivity contribution is 7.99. The van der Waals surface area contributed by atoms with Crippen LogP contribution in [0, 0.1) is 0 Å². The molecule has 0 fully saturated rings. The van der Waals surface area contributed by atoms with Crippen LogP contribution in [0.15, 0.2) is 93.6 Å². The van der Waals surface area contributed by atoms with Crippen LogP contribution in [0.25, 0.3) is 22.2 Å². The summed E-state index contributed by atoms with van der Waals surface area (Å²) in [6, 6.07) is 25.8. The van der Waals surface area contributed by atoms with Crippen LogP contribution in [0.3, 0.4) is 0 Å². The maximum atomic E-state index is 12.1. The molecular weight excluding hydrogens is 382 g/mol. The number of amides is 1. The number of aromatic nitrogens is 1. The van der Waals surface area contributed by atoms with Crippen molar-refractivity contribution in [1.29, 1.82) is 0 Å². The Balaban J connectivity index is 1.33. The molecule has 3 aromatic carbocycles.